The van der Waals surface area contributed by atoms with E-state index < -0.39 is 0 Å². The molecule has 6 heteroatoms. The van der Waals surface area contributed by atoms with Crippen LogP contribution in [0.2, 0.25) is 5.02 Å². The van der Waals surface area contributed by atoms with Crippen LogP contribution in [-0.4, -0.2) is 25.9 Å². The van der Waals surface area contributed by atoms with Crippen LogP contribution in [0, 0.1) is 0 Å². The van der Waals surface area contributed by atoms with E-state index in [1.54, 1.807) is 26.4 Å². The number of benzene rings is 2. The maximum atomic E-state index is 6.08. The highest BCUT2D eigenvalue weighted by atomic mass is 35.5. The maximum Gasteiger partial charge on any atom is 0.170 e. The van der Waals surface area contributed by atoms with Crippen LogP contribution in [0.4, 0.5) is 5.69 Å². The predicted octanol–water partition coefficient (Wildman–Crippen LogP) is 3.89. The Kier molecular flexibility index (Phi) is 6.50. The molecule has 0 radical (unpaired) electrons. The number of hydrogen-bond acceptors (Lipinski definition) is 3. The van der Waals surface area contributed by atoms with Crippen molar-refractivity contribution in [2.45, 2.75) is 6.42 Å². The van der Waals surface area contributed by atoms with Crippen molar-refractivity contribution in [3.05, 3.63) is 53.1 Å². The lowest BCUT2D eigenvalue weighted by Crippen LogP contribution is -2.30. The lowest BCUT2D eigenvalue weighted by atomic mass is 10.1. The molecule has 4 nitrogen and oxygen atoms in total. The second kappa shape index (κ2) is 8.60. The van der Waals surface area contributed by atoms with Gasteiger partial charge in [0.25, 0.3) is 0 Å². The van der Waals surface area contributed by atoms with Gasteiger partial charge in [0.1, 0.15) is 11.5 Å². The molecule has 2 aromatic carbocycles. The third-order valence-corrected chi connectivity index (χ3v) is 3.81. The Morgan fingerprint density at radius 3 is 2.43 bits per heavy atom. The van der Waals surface area contributed by atoms with Gasteiger partial charge in [0.2, 0.25) is 0 Å². The molecular weight excluding hydrogens is 332 g/mol. The molecule has 0 atom stereocenters. The summed E-state index contributed by atoms with van der Waals surface area (Å²) in [5.41, 5.74) is 2.03. The van der Waals surface area contributed by atoms with E-state index in [0.717, 1.165) is 24.4 Å². The van der Waals surface area contributed by atoms with E-state index in [1.807, 2.05) is 30.3 Å². The molecule has 2 aromatic rings. The predicted molar refractivity (Wildman–Crippen MR) is 98.9 cm³/mol. The number of halogens is 1. The lowest BCUT2D eigenvalue weighted by Gasteiger charge is -2.12. The first-order valence-corrected chi connectivity index (χ1v) is 7.92. The van der Waals surface area contributed by atoms with E-state index in [9.17, 15) is 0 Å². The van der Waals surface area contributed by atoms with E-state index in [1.165, 1.54) is 5.56 Å². The van der Waals surface area contributed by atoms with Crippen LogP contribution in [-0.2, 0) is 6.42 Å². The molecule has 0 saturated heterocycles. The Labute approximate surface area is 146 Å². The summed E-state index contributed by atoms with van der Waals surface area (Å²) in [6.45, 7) is 0.738. The fraction of sp³-hybridized carbons (Fsp3) is 0.235. The van der Waals surface area contributed by atoms with Gasteiger partial charge in [-0.1, -0.05) is 23.7 Å². The number of anilines is 1. The second-order valence-corrected chi connectivity index (χ2v) is 5.64. The lowest BCUT2D eigenvalue weighted by molar-refractivity contribution is 0.414. The Hall–Kier alpha value is -1.98. The van der Waals surface area contributed by atoms with Crippen LogP contribution in [0.15, 0.2) is 42.5 Å². The number of ether oxygens (including phenoxy) is 2. The van der Waals surface area contributed by atoms with Crippen molar-refractivity contribution in [2.24, 2.45) is 0 Å². The number of rotatable bonds is 6. The number of methoxy groups -OCH3 is 2. The summed E-state index contributed by atoms with van der Waals surface area (Å²) in [6, 6.07) is 13.4. The topological polar surface area (TPSA) is 42.5 Å². The second-order valence-electron chi connectivity index (χ2n) is 4.83. The SMILES string of the molecule is COc1ccc(CCNC(=S)Nc2ccc(OC)c(Cl)c2)cc1. The first-order chi connectivity index (χ1) is 11.1. The monoisotopic (exact) mass is 350 g/mol. The minimum absolute atomic E-state index is 0.540. The van der Waals surface area contributed by atoms with Gasteiger partial charge >= 0.3 is 0 Å². The van der Waals surface area contributed by atoms with Gasteiger partial charge in [0.15, 0.2) is 5.11 Å². The molecule has 0 aliphatic heterocycles. The first-order valence-electron chi connectivity index (χ1n) is 7.13. The number of thiocarbonyl (C=S) groups is 1. The molecule has 0 saturated carbocycles. The smallest absolute Gasteiger partial charge is 0.170 e. The molecule has 0 aromatic heterocycles. The fourth-order valence-corrected chi connectivity index (χ4v) is 2.51. The highest BCUT2D eigenvalue weighted by molar-refractivity contribution is 7.80. The van der Waals surface area contributed by atoms with Crippen LogP contribution in [0.25, 0.3) is 0 Å². The van der Waals surface area contributed by atoms with E-state index in [-0.39, 0.29) is 0 Å². The Bertz CT molecular complexity index is 662. The molecule has 0 heterocycles. The van der Waals surface area contributed by atoms with Crippen molar-refractivity contribution in [3.63, 3.8) is 0 Å². The van der Waals surface area contributed by atoms with Gasteiger partial charge in [-0.2, -0.15) is 0 Å². The Balaban J connectivity index is 1.79. The normalized spacial score (nSPS) is 10.0. The average molecular weight is 351 g/mol. The van der Waals surface area contributed by atoms with Crippen LogP contribution < -0.4 is 20.1 Å². The van der Waals surface area contributed by atoms with Gasteiger partial charge in [-0.15, -0.1) is 0 Å². The van der Waals surface area contributed by atoms with Crippen molar-refractivity contribution >= 4 is 34.6 Å². The molecule has 23 heavy (non-hydrogen) atoms. The van der Waals surface area contributed by atoms with Gasteiger partial charge in [-0.25, -0.2) is 0 Å². The van der Waals surface area contributed by atoms with Gasteiger partial charge < -0.3 is 20.1 Å². The third kappa shape index (κ3) is 5.30. The summed E-state index contributed by atoms with van der Waals surface area (Å²) >= 11 is 11.4. The minimum atomic E-state index is 0.540. The van der Waals surface area contributed by atoms with E-state index in [0.29, 0.717) is 15.9 Å². The van der Waals surface area contributed by atoms with Crippen molar-refractivity contribution in [1.82, 2.24) is 5.32 Å². The quantitative estimate of drug-likeness (QED) is 0.774. The number of hydrogen-bond donors (Lipinski definition) is 2. The van der Waals surface area contributed by atoms with Crippen LogP contribution in [0.5, 0.6) is 11.5 Å². The molecule has 2 rings (SSSR count). The zero-order valence-corrected chi connectivity index (χ0v) is 14.6. The van der Waals surface area contributed by atoms with Crippen LogP contribution in [0.3, 0.4) is 0 Å². The number of nitrogens with one attached hydrogen (secondary N) is 2. The molecule has 0 aliphatic carbocycles. The Morgan fingerprint density at radius 2 is 1.83 bits per heavy atom. The van der Waals surface area contributed by atoms with Gasteiger partial charge in [0.05, 0.1) is 19.2 Å². The van der Waals surface area contributed by atoms with Crippen molar-refractivity contribution in [3.8, 4) is 11.5 Å². The summed E-state index contributed by atoms with van der Waals surface area (Å²) in [4.78, 5) is 0. The van der Waals surface area contributed by atoms with Crippen LogP contribution in [0.1, 0.15) is 5.56 Å². The molecule has 0 aliphatic rings. The van der Waals surface area contributed by atoms with Crippen molar-refractivity contribution in [2.75, 3.05) is 26.1 Å². The van der Waals surface area contributed by atoms with Gasteiger partial charge in [-0.3, -0.25) is 0 Å². The van der Waals surface area contributed by atoms with Gasteiger partial charge in [-0.05, 0) is 54.5 Å². The highest BCUT2D eigenvalue weighted by Crippen LogP contribution is 2.27. The molecule has 0 spiro atoms. The molecule has 0 amide bonds. The largest absolute Gasteiger partial charge is 0.497 e. The first kappa shape index (κ1) is 17.4. The zero-order valence-electron chi connectivity index (χ0n) is 13.1. The molecule has 0 unspecified atom stereocenters. The van der Waals surface area contributed by atoms with E-state index in [2.05, 4.69) is 10.6 Å². The van der Waals surface area contributed by atoms with Crippen molar-refractivity contribution in [1.29, 1.82) is 0 Å². The zero-order chi connectivity index (χ0) is 16.7. The molecule has 122 valence electrons. The summed E-state index contributed by atoms with van der Waals surface area (Å²) in [5, 5.41) is 7.37. The summed E-state index contributed by atoms with van der Waals surface area (Å²) in [7, 11) is 3.24. The summed E-state index contributed by atoms with van der Waals surface area (Å²) in [6.07, 6.45) is 0.870. The van der Waals surface area contributed by atoms with E-state index >= 15 is 0 Å². The van der Waals surface area contributed by atoms with Crippen molar-refractivity contribution < 1.29 is 9.47 Å². The fourth-order valence-electron chi connectivity index (χ4n) is 2.03. The Morgan fingerprint density at radius 1 is 1.09 bits per heavy atom. The van der Waals surface area contributed by atoms with Crippen LogP contribution >= 0.6 is 23.8 Å². The van der Waals surface area contributed by atoms with E-state index in [4.69, 9.17) is 33.3 Å². The molecule has 2 N–H and O–H groups in total. The third-order valence-electron chi connectivity index (χ3n) is 3.27. The standard InChI is InChI=1S/C17H19ClN2O2S/c1-21-14-6-3-12(4-7-14)9-10-19-17(23)20-13-5-8-16(22-2)15(18)11-13/h3-8,11H,9-10H2,1-2H3,(H2,19,20,23). The summed E-state index contributed by atoms with van der Waals surface area (Å²) in [5.74, 6) is 1.49. The molecular formula is C17H19ClN2O2S. The molecule has 0 bridgehead atoms. The highest BCUT2D eigenvalue weighted by Gasteiger charge is 2.03. The maximum absolute atomic E-state index is 6.08. The minimum Gasteiger partial charge on any atom is -0.497 e. The average Bonchev–Trinajstić information content (AvgIpc) is 2.55. The van der Waals surface area contributed by atoms with Gasteiger partial charge in [0, 0.05) is 12.2 Å². The summed E-state index contributed by atoms with van der Waals surface area (Å²) < 4.78 is 10.3. The molecule has 0 fully saturated rings.